The SMILES string of the molecule is CC/C=C\C(=NC)C(C)C. The van der Waals surface area contributed by atoms with Crippen molar-refractivity contribution >= 4 is 5.71 Å². The Morgan fingerprint density at radius 3 is 2.40 bits per heavy atom. The Kier molecular flexibility index (Phi) is 4.91. The number of nitrogens with zero attached hydrogens (tertiary/aromatic N) is 1. The second-order valence-electron chi connectivity index (χ2n) is 2.61. The quantitative estimate of drug-likeness (QED) is 0.533. The van der Waals surface area contributed by atoms with Crippen LogP contribution < -0.4 is 0 Å². The summed E-state index contributed by atoms with van der Waals surface area (Å²) in [7, 11) is 1.84. The van der Waals surface area contributed by atoms with E-state index in [-0.39, 0.29) is 0 Å². The minimum absolute atomic E-state index is 0.549. The van der Waals surface area contributed by atoms with Crippen LogP contribution in [0.2, 0.25) is 0 Å². The molecule has 0 aromatic rings. The maximum Gasteiger partial charge on any atom is 0.0367 e. The summed E-state index contributed by atoms with van der Waals surface area (Å²) in [5, 5.41) is 0. The average molecular weight is 139 g/mol. The van der Waals surface area contributed by atoms with E-state index in [1.165, 1.54) is 5.71 Å². The minimum Gasteiger partial charge on any atom is -0.293 e. The van der Waals surface area contributed by atoms with Crippen LogP contribution >= 0.6 is 0 Å². The molecule has 0 fully saturated rings. The lowest BCUT2D eigenvalue weighted by Crippen LogP contribution is -2.02. The summed E-state index contributed by atoms with van der Waals surface area (Å²) in [6.07, 6.45) is 5.33. The summed E-state index contributed by atoms with van der Waals surface area (Å²) in [4.78, 5) is 4.15. The van der Waals surface area contributed by atoms with E-state index in [2.05, 4.69) is 37.9 Å². The molecule has 0 amide bonds. The molecule has 1 heteroatoms. The van der Waals surface area contributed by atoms with Gasteiger partial charge in [-0.1, -0.05) is 26.8 Å². The van der Waals surface area contributed by atoms with Crippen LogP contribution in [0.4, 0.5) is 0 Å². The van der Waals surface area contributed by atoms with E-state index in [4.69, 9.17) is 0 Å². The second kappa shape index (κ2) is 5.21. The molecule has 1 nitrogen and oxygen atoms in total. The van der Waals surface area contributed by atoms with Crippen molar-refractivity contribution in [2.45, 2.75) is 27.2 Å². The molecule has 0 aromatic heterocycles. The molecule has 0 rings (SSSR count). The highest BCUT2D eigenvalue weighted by atomic mass is 14.7. The number of hydrogen-bond donors (Lipinski definition) is 0. The Morgan fingerprint density at radius 1 is 1.50 bits per heavy atom. The molecule has 0 spiro atoms. The van der Waals surface area contributed by atoms with Gasteiger partial charge in [0.05, 0.1) is 0 Å². The second-order valence-corrected chi connectivity index (χ2v) is 2.61. The van der Waals surface area contributed by atoms with Crippen LogP contribution in [0.5, 0.6) is 0 Å². The van der Waals surface area contributed by atoms with Crippen molar-refractivity contribution in [3.05, 3.63) is 12.2 Å². The summed E-state index contributed by atoms with van der Waals surface area (Å²) in [6.45, 7) is 6.44. The third kappa shape index (κ3) is 3.44. The highest BCUT2D eigenvalue weighted by Gasteiger charge is 1.96. The van der Waals surface area contributed by atoms with Crippen molar-refractivity contribution in [1.82, 2.24) is 0 Å². The Morgan fingerprint density at radius 2 is 2.10 bits per heavy atom. The number of hydrogen-bond acceptors (Lipinski definition) is 1. The topological polar surface area (TPSA) is 12.4 Å². The Hall–Kier alpha value is -0.590. The first-order chi connectivity index (χ1) is 4.72. The third-order valence-corrected chi connectivity index (χ3v) is 1.37. The predicted octanol–water partition coefficient (Wildman–Crippen LogP) is 2.68. The van der Waals surface area contributed by atoms with Gasteiger partial charge in [0.15, 0.2) is 0 Å². The summed E-state index contributed by atoms with van der Waals surface area (Å²) in [5.74, 6) is 0.549. The lowest BCUT2D eigenvalue weighted by Gasteiger charge is -2.01. The van der Waals surface area contributed by atoms with Gasteiger partial charge in [-0.15, -0.1) is 0 Å². The van der Waals surface area contributed by atoms with E-state index in [0.717, 1.165) is 6.42 Å². The third-order valence-electron chi connectivity index (χ3n) is 1.37. The number of rotatable bonds is 3. The van der Waals surface area contributed by atoms with Crippen molar-refractivity contribution in [2.24, 2.45) is 10.9 Å². The highest BCUT2D eigenvalue weighted by Crippen LogP contribution is 1.98. The lowest BCUT2D eigenvalue weighted by atomic mass is 10.1. The van der Waals surface area contributed by atoms with Gasteiger partial charge in [-0.25, -0.2) is 0 Å². The molecule has 0 atom stereocenters. The standard InChI is InChI=1S/C9H17N/c1-5-6-7-9(10-4)8(2)3/h6-8H,5H2,1-4H3/b7-6-,10-9?. The molecule has 0 saturated carbocycles. The van der Waals surface area contributed by atoms with Gasteiger partial charge < -0.3 is 0 Å². The Labute approximate surface area is 63.9 Å². The van der Waals surface area contributed by atoms with E-state index in [1.807, 2.05) is 7.05 Å². The number of allylic oxidation sites excluding steroid dienone is 2. The summed E-state index contributed by atoms with van der Waals surface area (Å²) in [6, 6.07) is 0. The normalized spacial score (nSPS) is 13.5. The van der Waals surface area contributed by atoms with Crippen molar-refractivity contribution in [2.75, 3.05) is 7.05 Å². The largest absolute Gasteiger partial charge is 0.293 e. The molecule has 0 aliphatic rings. The van der Waals surface area contributed by atoms with Crippen LogP contribution in [-0.4, -0.2) is 12.8 Å². The van der Waals surface area contributed by atoms with E-state index in [1.54, 1.807) is 0 Å². The summed E-state index contributed by atoms with van der Waals surface area (Å²) >= 11 is 0. The molecule has 0 saturated heterocycles. The van der Waals surface area contributed by atoms with Crippen LogP contribution in [0, 0.1) is 5.92 Å². The van der Waals surface area contributed by atoms with Crippen LogP contribution in [0.15, 0.2) is 17.1 Å². The molecule has 0 radical (unpaired) electrons. The van der Waals surface area contributed by atoms with E-state index in [9.17, 15) is 0 Å². The molecule has 0 N–H and O–H groups in total. The van der Waals surface area contributed by atoms with Crippen molar-refractivity contribution in [3.8, 4) is 0 Å². The van der Waals surface area contributed by atoms with Crippen molar-refractivity contribution in [1.29, 1.82) is 0 Å². The van der Waals surface area contributed by atoms with Crippen molar-refractivity contribution < 1.29 is 0 Å². The Balaban J connectivity index is 3.98. The van der Waals surface area contributed by atoms with Crippen LogP contribution in [0.3, 0.4) is 0 Å². The molecule has 0 heterocycles. The smallest absolute Gasteiger partial charge is 0.0367 e. The van der Waals surface area contributed by atoms with Crippen LogP contribution in [-0.2, 0) is 0 Å². The van der Waals surface area contributed by atoms with Crippen molar-refractivity contribution in [3.63, 3.8) is 0 Å². The molecular weight excluding hydrogens is 122 g/mol. The van der Waals surface area contributed by atoms with Gasteiger partial charge in [-0.3, -0.25) is 4.99 Å². The molecule has 0 aromatic carbocycles. The van der Waals surface area contributed by atoms with Gasteiger partial charge in [0.25, 0.3) is 0 Å². The van der Waals surface area contributed by atoms with Gasteiger partial charge in [0, 0.05) is 12.8 Å². The molecule has 0 bridgehead atoms. The van der Waals surface area contributed by atoms with Gasteiger partial charge >= 0.3 is 0 Å². The maximum atomic E-state index is 4.15. The molecule has 0 unspecified atom stereocenters. The lowest BCUT2D eigenvalue weighted by molar-refractivity contribution is 0.885. The van der Waals surface area contributed by atoms with Gasteiger partial charge in [0.2, 0.25) is 0 Å². The van der Waals surface area contributed by atoms with Gasteiger partial charge in [0.1, 0.15) is 0 Å². The van der Waals surface area contributed by atoms with E-state index < -0.39 is 0 Å². The minimum atomic E-state index is 0.549. The molecule has 58 valence electrons. The first-order valence-corrected chi connectivity index (χ1v) is 3.85. The molecule has 0 aliphatic heterocycles. The molecular formula is C9H17N. The maximum absolute atomic E-state index is 4.15. The summed E-state index contributed by atoms with van der Waals surface area (Å²) in [5.41, 5.74) is 1.18. The van der Waals surface area contributed by atoms with E-state index in [0.29, 0.717) is 5.92 Å². The summed E-state index contributed by atoms with van der Waals surface area (Å²) < 4.78 is 0. The molecule has 0 aliphatic carbocycles. The fourth-order valence-corrected chi connectivity index (χ4v) is 0.764. The highest BCUT2D eigenvalue weighted by molar-refractivity contribution is 5.96. The molecule has 10 heavy (non-hydrogen) atoms. The average Bonchev–Trinajstić information content (AvgIpc) is 1.89. The monoisotopic (exact) mass is 139 g/mol. The number of aliphatic imine (C=N–C) groups is 1. The zero-order chi connectivity index (χ0) is 7.98. The predicted molar refractivity (Wildman–Crippen MR) is 47.6 cm³/mol. The zero-order valence-electron chi connectivity index (χ0n) is 7.39. The zero-order valence-corrected chi connectivity index (χ0v) is 7.39. The van der Waals surface area contributed by atoms with Crippen LogP contribution in [0.1, 0.15) is 27.2 Å². The first-order valence-electron chi connectivity index (χ1n) is 3.85. The fraction of sp³-hybridized carbons (Fsp3) is 0.667. The van der Waals surface area contributed by atoms with Gasteiger partial charge in [-0.2, -0.15) is 0 Å². The van der Waals surface area contributed by atoms with Gasteiger partial charge in [-0.05, 0) is 18.4 Å². The Bertz CT molecular complexity index is 132. The van der Waals surface area contributed by atoms with E-state index >= 15 is 0 Å². The van der Waals surface area contributed by atoms with Crippen LogP contribution in [0.25, 0.3) is 0 Å². The first kappa shape index (κ1) is 9.41. The fourth-order valence-electron chi connectivity index (χ4n) is 0.764.